The summed E-state index contributed by atoms with van der Waals surface area (Å²) in [6, 6.07) is 28.0. The van der Waals surface area contributed by atoms with E-state index in [0.29, 0.717) is 11.6 Å². The van der Waals surface area contributed by atoms with E-state index in [1.165, 1.54) is 0 Å². The predicted octanol–water partition coefficient (Wildman–Crippen LogP) is 6.00. The molecule has 0 amide bonds. The van der Waals surface area contributed by atoms with Crippen molar-refractivity contribution < 1.29 is 0 Å². The van der Waals surface area contributed by atoms with Crippen molar-refractivity contribution in [2.24, 2.45) is 0 Å². The van der Waals surface area contributed by atoms with Gasteiger partial charge in [0.15, 0.2) is 11.6 Å². The summed E-state index contributed by atoms with van der Waals surface area (Å²) in [6.45, 7) is 0. The Kier molecular flexibility index (Phi) is 4.04. The van der Waals surface area contributed by atoms with Crippen molar-refractivity contribution in [1.29, 1.82) is 0 Å². The molecule has 4 aromatic carbocycles. The first kappa shape index (κ1) is 18.7. The van der Waals surface area contributed by atoms with Crippen LogP contribution >= 0.6 is 0 Å². The van der Waals surface area contributed by atoms with E-state index < -0.39 is 0 Å². The zero-order valence-corrected chi connectivity index (χ0v) is 17.9. The molecule has 0 saturated carbocycles. The third-order valence-corrected chi connectivity index (χ3v) is 6.05. The molecule has 0 radical (unpaired) electrons. The maximum atomic E-state index is 4.95. The van der Waals surface area contributed by atoms with E-state index in [-0.39, 0.29) is 0 Å². The molecule has 7 rings (SSSR count). The number of para-hydroxylation sites is 1. The lowest BCUT2D eigenvalue weighted by Gasteiger charge is -2.09. The monoisotopic (exact) mass is 436 g/mol. The Morgan fingerprint density at radius 3 is 2.18 bits per heavy atom. The highest BCUT2D eigenvalue weighted by molar-refractivity contribution is 6.21. The number of rotatable bonds is 2. The van der Waals surface area contributed by atoms with Crippen LogP contribution < -0.4 is 0 Å². The van der Waals surface area contributed by atoms with E-state index in [1.54, 1.807) is 0 Å². The van der Waals surface area contributed by atoms with Gasteiger partial charge in [-0.3, -0.25) is 4.98 Å². The highest BCUT2D eigenvalue weighted by Gasteiger charge is 2.14. The Morgan fingerprint density at radius 1 is 0.500 bits per heavy atom. The number of pyridine rings is 1. The summed E-state index contributed by atoms with van der Waals surface area (Å²) >= 11 is 0. The Morgan fingerprint density at radius 2 is 1.26 bits per heavy atom. The normalized spacial score (nSPS) is 11.5. The van der Waals surface area contributed by atoms with E-state index in [4.69, 9.17) is 9.97 Å². The molecule has 0 saturated heterocycles. The van der Waals surface area contributed by atoms with Crippen LogP contribution in [-0.4, -0.2) is 30.1 Å². The molecule has 6 heteroatoms. The van der Waals surface area contributed by atoms with Crippen LogP contribution in [0.5, 0.6) is 0 Å². The molecule has 0 bridgehead atoms. The van der Waals surface area contributed by atoms with Crippen LogP contribution in [0.4, 0.5) is 0 Å². The Labute approximate surface area is 194 Å². The van der Waals surface area contributed by atoms with Gasteiger partial charge in [-0.25, -0.2) is 15.0 Å². The smallest absolute Gasteiger partial charge is 0.182 e. The molecule has 0 aliphatic heterocycles. The second-order valence-corrected chi connectivity index (χ2v) is 8.11. The fourth-order valence-corrected chi connectivity index (χ4v) is 4.43. The third kappa shape index (κ3) is 2.89. The molecule has 3 aromatic heterocycles. The summed E-state index contributed by atoms with van der Waals surface area (Å²) in [5.74, 6) is 1.21. The molecule has 6 nitrogen and oxygen atoms in total. The minimum Gasteiger partial charge on any atom is -0.256 e. The first-order valence-corrected chi connectivity index (χ1v) is 11.0. The number of fused-ring (bicyclic) bond motifs is 7. The van der Waals surface area contributed by atoms with Gasteiger partial charge >= 0.3 is 0 Å². The van der Waals surface area contributed by atoms with E-state index >= 15 is 0 Å². The SMILES string of the molecule is c1cc(-c2ncc3ccccc3n2)cc(-c2nnc3c4ccccc4c4ncccc4c3n2)c1. The van der Waals surface area contributed by atoms with Crippen molar-refractivity contribution in [3.8, 4) is 22.8 Å². The summed E-state index contributed by atoms with van der Waals surface area (Å²) in [5, 5.41) is 13.1. The van der Waals surface area contributed by atoms with Crippen LogP contribution in [-0.2, 0) is 0 Å². The van der Waals surface area contributed by atoms with Crippen molar-refractivity contribution in [2.45, 2.75) is 0 Å². The van der Waals surface area contributed by atoms with Crippen LogP contribution in [0, 0.1) is 0 Å². The van der Waals surface area contributed by atoms with Gasteiger partial charge in [-0.1, -0.05) is 60.7 Å². The minimum atomic E-state index is 0.551. The zero-order valence-electron chi connectivity index (χ0n) is 17.9. The Bertz CT molecular complexity index is 1840. The first-order chi connectivity index (χ1) is 16.8. The molecule has 0 N–H and O–H groups in total. The lowest BCUT2D eigenvalue weighted by molar-refractivity contribution is 1.04. The lowest BCUT2D eigenvalue weighted by Crippen LogP contribution is -1.97. The molecule has 0 atom stereocenters. The quantitative estimate of drug-likeness (QED) is 0.309. The highest BCUT2D eigenvalue weighted by Crippen LogP contribution is 2.32. The summed E-state index contributed by atoms with van der Waals surface area (Å²) < 4.78 is 0. The van der Waals surface area contributed by atoms with Gasteiger partial charge < -0.3 is 0 Å². The molecule has 158 valence electrons. The number of aromatic nitrogens is 6. The summed E-state index contributed by atoms with van der Waals surface area (Å²) in [7, 11) is 0. The maximum Gasteiger partial charge on any atom is 0.182 e. The van der Waals surface area contributed by atoms with Crippen molar-refractivity contribution in [1.82, 2.24) is 30.1 Å². The summed E-state index contributed by atoms with van der Waals surface area (Å²) in [4.78, 5) is 18.9. The van der Waals surface area contributed by atoms with Crippen molar-refractivity contribution in [3.05, 3.63) is 97.3 Å². The maximum absolute atomic E-state index is 4.95. The molecule has 34 heavy (non-hydrogen) atoms. The average molecular weight is 436 g/mol. The molecule has 0 spiro atoms. The van der Waals surface area contributed by atoms with Gasteiger partial charge in [-0.2, -0.15) is 0 Å². The number of hydrogen-bond donors (Lipinski definition) is 0. The predicted molar refractivity (Wildman–Crippen MR) is 134 cm³/mol. The lowest BCUT2D eigenvalue weighted by atomic mass is 10.0. The molecule has 0 aliphatic carbocycles. The highest BCUT2D eigenvalue weighted by atomic mass is 15.2. The molecule has 7 aromatic rings. The van der Waals surface area contributed by atoms with Gasteiger partial charge in [-0.15, -0.1) is 10.2 Å². The van der Waals surface area contributed by atoms with E-state index in [9.17, 15) is 0 Å². The zero-order chi connectivity index (χ0) is 22.5. The van der Waals surface area contributed by atoms with Gasteiger partial charge in [0.25, 0.3) is 0 Å². The molecule has 0 unspecified atom stereocenters. The van der Waals surface area contributed by atoms with Crippen molar-refractivity contribution in [2.75, 3.05) is 0 Å². The average Bonchev–Trinajstić information content (AvgIpc) is 2.93. The standard InChI is InChI=1S/C28H16N6/c1-4-13-23-19(7-1)16-30-27(31-23)17-8-5-9-18(15-17)28-32-25-22-12-6-14-29-24(22)20-10-2-3-11-21(20)26(25)33-34-28/h1-16H. The van der Waals surface area contributed by atoms with Gasteiger partial charge in [0.05, 0.1) is 11.0 Å². The first-order valence-electron chi connectivity index (χ1n) is 11.0. The van der Waals surface area contributed by atoms with Crippen LogP contribution in [0.25, 0.3) is 66.4 Å². The number of benzene rings is 4. The van der Waals surface area contributed by atoms with Crippen LogP contribution in [0.1, 0.15) is 0 Å². The topological polar surface area (TPSA) is 77.3 Å². The van der Waals surface area contributed by atoms with Crippen LogP contribution in [0.2, 0.25) is 0 Å². The molecular formula is C28H16N6. The number of hydrogen-bond acceptors (Lipinski definition) is 6. The van der Waals surface area contributed by atoms with E-state index in [0.717, 1.165) is 54.7 Å². The Hall–Kier alpha value is -4.84. The third-order valence-electron chi connectivity index (χ3n) is 6.05. The van der Waals surface area contributed by atoms with Crippen molar-refractivity contribution in [3.63, 3.8) is 0 Å². The van der Waals surface area contributed by atoms with Crippen LogP contribution in [0.15, 0.2) is 97.3 Å². The molecule has 0 fully saturated rings. The second-order valence-electron chi connectivity index (χ2n) is 8.11. The van der Waals surface area contributed by atoms with Gasteiger partial charge in [0.1, 0.15) is 11.0 Å². The molecular weight excluding hydrogens is 420 g/mol. The van der Waals surface area contributed by atoms with Crippen molar-refractivity contribution >= 4 is 43.6 Å². The van der Waals surface area contributed by atoms with Gasteiger partial charge in [0, 0.05) is 45.1 Å². The second kappa shape index (κ2) is 7.35. The van der Waals surface area contributed by atoms with E-state index in [2.05, 4.69) is 26.2 Å². The fraction of sp³-hybridized carbons (Fsp3) is 0. The Balaban J connectivity index is 1.42. The van der Waals surface area contributed by atoms with Gasteiger partial charge in [0.2, 0.25) is 0 Å². The largest absolute Gasteiger partial charge is 0.256 e. The fourth-order valence-electron chi connectivity index (χ4n) is 4.43. The van der Waals surface area contributed by atoms with E-state index in [1.807, 2.05) is 91.3 Å². The summed E-state index contributed by atoms with van der Waals surface area (Å²) in [5.41, 5.74) is 5.14. The number of nitrogens with zero attached hydrogens (tertiary/aromatic N) is 6. The summed E-state index contributed by atoms with van der Waals surface area (Å²) in [6.07, 6.45) is 3.66. The van der Waals surface area contributed by atoms with Crippen LogP contribution in [0.3, 0.4) is 0 Å². The molecule has 0 aliphatic rings. The molecule has 3 heterocycles. The minimum absolute atomic E-state index is 0.551. The van der Waals surface area contributed by atoms with Gasteiger partial charge in [-0.05, 0) is 24.3 Å².